The average Bonchev–Trinajstić information content (AvgIpc) is 3.34. The number of likely N-dealkylation sites (tertiary alicyclic amines) is 1. The van der Waals surface area contributed by atoms with Crippen LogP contribution in [0.2, 0.25) is 0 Å². The van der Waals surface area contributed by atoms with Gasteiger partial charge in [0.05, 0.1) is 6.04 Å². The highest BCUT2D eigenvalue weighted by Crippen LogP contribution is 2.36. The van der Waals surface area contributed by atoms with Crippen molar-refractivity contribution in [1.82, 2.24) is 9.80 Å². The highest BCUT2D eigenvalue weighted by molar-refractivity contribution is 5.82. The van der Waals surface area contributed by atoms with E-state index < -0.39 is 0 Å². The number of carbonyl (C=O) groups is 1. The SMILES string of the molecule is CCN(CC)C(=O)[C@@H]1C[C@@H](N)CN1C1CCN(c2ccc3c(c2)OCO3)CC1. The van der Waals surface area contributed by atoms with Crippen LogP contribution in [-0.2, 0) is 4.79 Å². The van der Waals surface area contributed by atoms with Crippen molar-refractivity contribution in [3.05, 3.63) is 18.2 Å². The van der Waals surface area contributed by atoms with Crippen LogP contribution in [-0.4, -0.2) is 73.3 Å². The number of anilines is 1. The van der Waals surface area contributed by atoms with E-state index in [9.17, 15) is 4.79 Å². The van der Waals surface area contributed by atoms with Gasteiger partial charge < -0.3 is 25.0 Å². The van der Waals surface area contributed by atoms with E-state index in [0.29, 0.717) is 12.8 Å². The van der Waals surface area contributed by atoms with Crippen LogP contribution in [0, 0.1) is 0 Å². The summed E-state index contributed by atoms with van der Waals surface area (Å²) in [7, 11) is 0. The molecule has 0 bridgehead atoms. The molecule has 0 aromatic heterocycles. The molecule has 154 valence electrons. The van der Waals surface area contributed by atoms with Crippen LogP contribution in [0.4, 0.5) is 5.69 Å². The summed E-state index contributed by atoms with van der Waals surface area (Å²) >= 11 is 0. The summed E-state index contributed by atoms with van der Waals surface area (Å²) in [5.74, 6) is 1.90. The number of piperidine rings is 1. The molecule has 1 aromatic rings. The Bertz CT molecular complexity index is 701. The maximum absolute atomic E-state index is 13.0. The lowest BCUT2D eigenvalue weighted by Crippen LogP contribution is -2.52. The van der Waals surface area contributed by atoms with Crippen molar-refractivity contribution in [2.24, 2.45) is 5.73 Å². The van der Waals surface area contributed by atoms with Crippen molar-refractivity contribution >= 4 is 11.6 Å². The zero-order chi connectivity index (χ0) is 19.7. The first-order valence-electron chi connectivity index (χ1n) is 10.5. The van der Waals surface area contributed by atoms with Crippen LogP contribution >= 0.6 is 0 Å². The minimum absolute atomic E-state index is 0.0583. The van der Waals surface area contributed by atoms with Crippen molar-refractivity contribution < 1.29 is 14.3 Å². The maximum atomic E-state index is 13.0. The molecule has 4 rings (SSSR count). The Hall–Kier alpha value is -1.99. The zero-order valence-corrected chi connectivity index (χ0v) is 17.0. The number of amides is 1. The van der Waals surface area contributed by atoms with Gasteiger partial charge in [0.25, 0.3) is 0 Å². The minimum Gasteiger partial charge on any atom is -0.454 e. The van der Waals surface area contributed by atoms with Gasteiger partial charge in [0.2, 0.25) is 12.7 Å². The topological polar surface area (TPSA) is 71.3 Å². The summed E-state index contributed by atoms with van der Waals surface area (Å²) in [5.41, 5.74) is 7.44. The number of rotatable bonds is 5. The standard InChI is InChI=1S/C21H32N4O3/c1-3-23(4-2)21(26)18-11-15(22)13-25(18)16-7-9-24(10-8-16)17-5-6-19-20(12-17)28-14-27-19/h5-6,12,15-16,18H,3-4,7-11,13-14,22H2,1-2H3/t15-,18+/m1/s1. The predicted octanol–water partition coefficient (Wildman–Crippen LogP) is 1.65. The second-order valence-corrected chi connectivity index (χ2v) is 7.97. The number of nitrogens with two attached hydrogens (primary N) is 1. The molecule has 2 fully saturated rings. The zero-order valence-electron chi connectivity index (χ0n) is 17.0. The summed E-state index contributed by atoms with van der Waals surface area (Å²) in [6.07, 6.45) is 2.87. The van der Waals surface area contributed by atoms with Gasteiger partial charge in [0.1, 0.15) is 0 Å². The Kier molecular flexibility index (Phi) is 5.64. The smallest absolute Gasteiger partial charge is 0.239 e. The summed E-state index contributed by atoms with van der Waals surface area (Å²) in [6, 6.07) is 6.62. The Labute approximate surface area is 167 Å². The van der Waals surface area contributed by atoms with Crippen molar-refractivity contribution in [1.29, 1.82) is 0 Å². The lowest BCUT2D eigenvalue weighted by molar-refractivity contribution is -0.136. The van der Waals surface area contributed by atoms with Crippen LogP contribution in [0.15, 0.2) is 18.2 Å². The normalized spacial score (nSPS) is 25.3. The lowest BCUT2D eigenvalue weighted by Gasteiger charge is -2.40. The van der Waals surface area contributed by atoms with Gasteiger partial charge in [-0.1, -0.05) is 0 Å². The second kappa shape index (κ2) is 8.17. The molecule has 0 aliphatic carbocycles. The Morgan fingerprint density at radius 3 is 2.61 bits per heavy atom. The molecular formula is C21H32N4O3. The molecule has 0 spiro atoms. The van der Waals surface area contributed by atoms with Crippen LogP contribution in [0.1, 0.15) is 33.1 Å². The molecule has 7 heteroatoms. The Balaban J connectivity index is 1.40. The number of hydrogen-bond donors (Lipinski definition) is 1. The summed E-state index contributed by atoms with van der Waals surface area (Å²) in [5, 5.41) is 0. The lowest BCUT2D eigenvalue weighted by atomic mass is 10.0. The third-order valence-corrected chi connectivity index (χ3v) is 6.39. The molecule has 3 aliphatic rings. The number of ether oxygens (including phenoxy) is 2. The number of carbonyl (C=O) groups excluding carboxylic acids is 1. The molecular weight excluding hydrogens is 356 g/mol. The molecule has 28 heavy (non-hydrogen) atoms. The fraction of sp³-hybridized carbons (Fsp3) is 0.667. The maximum Gasteiger partial charge on any atom is 0.239 e. The number of nitrogens with zero attached hydrogens (tertiary/aromatic N) is 3. The second-order valence-electron chi connectivity index (χ2n) is 7.97. The molecule has 3 aliphatic heterocycles. The minimum atomic E-state index is -0.0583. The molecule has 2 atom stereocenters. The van der Waals surface area contributed by atoms with E-state index in [-0.39, 0.29) is 18.0 Å². The van der Waals surface area contributed by atoms with E-state index in [0.717, 1.165) is 63.5 Å². The Morgan fingerprint density at radius 1 is 1.18 bits per heavy atom. The van der Waals surface area contributed by atoms with Gasteiger partial charge in [0.15, 0.2) is 11.5 Å². The predicted molar refractivity (Wildman–Crippen MR) is 109 cm³/mol. The third-order valence-electron chi connectivity index (χ3n) is 6.39. The molecule has 7 nitrogen and oxygen atoms in total. The van der Waals surface area contributed by atoms with E-state index in [4.69, 9.17) is 15.2 Å². The first-order chi connectivity index (χ1) is 13.6. The highest BCUT2D eigenvalue weighted by Gasteiger charge is 2.41. The van der Waals surface area contributed by atoms with E-state index >= 15 is 0 Å². The number of likely N-dealkylation sites (N-methyl/N-ethyl adjacent to an activating group) is 1. The number of fused-ring (bicyclic) bond motifs is 1. The monoisotopic (exact) mass is 388 g/mol. The van der Waals surface area contributed by atoms with Gasteiger partial charge >= 0.3 is 0 Å². The van der Waals surface area contributed by atoms with Crippen molar-refractivity contribution in [2.45, 2.75) is 51.2 Å². The van der Waals surface area contributed by atoms with Gasteiger partial charge in [0, 0.05) is 56.6 Å². The number of benzene rings is 1. The van der Waals surface area contributed by atoms with Crippen LogP contribution in [0.25, 0.3) is 0 Å². The molecule has 0 radical (unpaired) electrons. The summed E-state index contributed by atoms with van der Waals surface area (Å²) in [6.45, 7) is 8.69. The van der Waals surface area contributed by atoms with E-state index in [2.05, 4.69) is 21.9 Å². The first kappa shape index (κ1) is 19.3. The van der Waals surface area contributed by atoms with Gasteiger partial charge in [-0.05, 0) is 45.2 Å². The van der Waals surface area contributed by atoms with Crippen LogP contribution in [0.3, 0.4) is 0 Å². The van der Waals surface area contributed by atoms with Gasteiger partial charge in [-0.2, -0.15) is 0 Å². The number of hydrogen-bond acceptors (Lipinski definition) is 6. The van der Waals surface area contributed by atoms with E-state index in [1.165, 1.54) is 5.69 Å². The summed E-state index contributed by atoms with van der Waals surface area (Å²) < 4.78 is 10.9. The molecule has 2 saturated heterocycles. The largest absolute Gasteiger partial charge is 0.454 e. The average molecular weight is 389 g/mol. The Morgan fingerprint density at radius 2 is 1.89 bits per heavy atom. The molecule has 3 heterocycles. The third kappa shape index (κ3) is 3.65. The molecule has 0 saturated carbocycles. The molecule has 1 aromatic carbocycles. The quantitative estimate of drug-likeness (QED) is 0.827. The van der Waals surface area contributed by atoms with Crippen LogP contribution < -0.4 is 20.1 Å². The van der Waals surface area contributed by atoms with Crippen molar-refractivity contribution in [2.75, 3.05) is 44.4 Å². The van der Waals surface area contributed by atoms with Crippen LogP contribution in [0.5, 0.6) is 11.5 Å². The van der Waals surface area contributed by atoms with Gasteiger partial charge in [-0.25, -0.2) is 0 Å². The van der Waals surface area contributed by atoms with E-state index in [1.54, 1.807) is 0 Å². The highest BCUT2D eigenvalue weighted by atomic mass is 16.7. The molecule has 2 N–H and O–H groups in total. The van der Waals surface area contributed by atoms with Crippen molar-refractivity contribution in [3.8, 4) is 11.5 Å². The molecule has 0 unspecified atom stereocenters. The summed E-state index contributed by atoms with van der Waals surface area (Å²) in [4.78, 5) is 19.7. The molecule has 1 amide bonds. The van der Waals surface area contributed by atoms with Gasteiger partial charge in [-0.15, -0.1) is 0 Å². The van der Waals surface area contributed by atoms with Gasteiger partial charge in [-0.3, -0.25) is 9.69 Å². The van der Waals surface area contributed by atoms with Crippen molar-refractivity contribution in [3.63, 3.8) is 0 Å². The van der Waals surface area contributed by atoms with E-state index in [1.807, 2.05) is 24.8 Å². The fourth-order valence-electron chi connectivity index (χ4n) is 4.82. The first-order valence-corrected chi connectivity index (χ1v) is 10.5. The fourth-order valence-corrected chi connectivity index (χ4v) is 4.82.